The lowest BCUT2D eigenvalue weighted by Gasteiger charge is -2.12. The summed E-state index contributed by atoms with van der Waals surface area (Å²) in [5.41, 5.74) is 0.669. The van der Waals surface area contributed by atoms with Gasteiger partial charge in [0.05, 0.1) is 5.56 Å². The predicted molar refractivity (Wildman–Crippen MR) is 83.3 cm³/mol. The Balaban J connectivity index is 1.56. The molecule has 3 rings (SSSR count). The number of hydrogen-bond acceptors (Lipinski definition) is 2. The van der Waals surface area contributed by atoms with Crippen molar-refractivity contribution >= 4 is 5.91 Å². The second-order valence-electron chi connectivity index (χ2n) is 5.96. The highest BCUT2D eigenvalue weighted by molar-refractivity contribution is 5.77. The quantitative estimate of drug-likeness (QED) is 0.906. The van der Waals surface area contributed by atoms with Crippen molar-refractivity contribution in [1.29, 1.82) is 0 Å². The van der Waals surface area contributed by atoms with Crippen LogP contribution >= 0.6 is 0 Å². The molecule has 1 N–H and O–H groups in total. The highest BCUT2D eigenvalue weighted by Gasteiger charge is 2.44. The number of carbonyl (C=O) groups is 1. The zero-order valence-electron chi connectivity index (χ0n) is 12.9. The fourth-order valence-corrected chi connectivity index (χ4v) is 2.86. The summed E-state index contributed by atoms with van der Waals surface area (Å²) in [6.07, 6.45) is 0.415. The van der Waals surface area contributed by atoms with E-state index < -0.39 is 11.7 Å². The molecule has 1 saturated carbocycles. The molecule has 1 aliphatic carbocycles. The van der Waals surface area contributed by atoms with Gasteiger partial charge in [0.25, 0.3) is 0 Å². The van der Waals surface area contributed by atoms with Crippen molar-refractivity contribution in [3.05, 3.63) is 65.5 Å². The van der Waals surface area contributed by atoms with Gasteiger partial charge in [-0.2, -0.15) is 13.2 Å². The van der Waals surface area contributed by atoms with Gasteiger partial charge in [-0.05, 0) is 42.2 Å². The molecule has 0 radical (unpaired) electrons. The maximum atomic E-state index is 13.0. The van der Waals surface area contributed by atoms with Crippen LogP contribution in [-0.2, 0) is 17.4 Å². The first kappa shape index (κ1) is 16.5. The number of pyridine rings is 1. The van der Waals surface area contributed by atoms with Gasteiger partial charge in [-0.15, -0.1) is 0 Å². The Labute approximate surface area is 137 Å². The molecule has 2 atom stereocenters. The van der Waals surface area contributed by atoms with Crippen molar-refractivity contribution in [2.75, 3.05) is 0 Å². The molecule has 1 aliphatic rings. The first-order valence-corrected chi connectivity index (χ1v) is 7.79. The summed E-state index contributed by atoms with van der Waals surface area (Å²) in [5, 5.41) is 2.83. The summed E-state index contributed by atoms with van der Waals surface area (Å²) < 4.78 is 39.1. The minimum Gasteiger partial charge on any atom is -0.353 e. The number of aryl methyl sites for hydroxylation is 1. The molecule has 24 heavy (non-hydrogen) atoms. The fourth-order valence-electron chi connectivity index (χ4n) is 2.86. The number of alkyl halides is 3. The zero-order valence-corrected chi connectivity index (χ0v) is 12.9. The summed E-state index contributed by atoms with van der Waals surface area (Å²) in [5.74, 6) is -0.392. The van der Waals surface area contributed by atoms with Crippen LogP contribution in [0.25, 0.3) is 0 Å². The molecular weight excluding hydrogens is 317 g/mol. The fraction of sp³-hybridized carbons (Fsp3) is 0.333. The molecule has 1 heterocycles. The Hall–Kier alpha value is -2.37. The SMILES string of the molecule is O=C(CCc1ccncc1)N[C@H]1C[C@H]1c1ccccc1C(F)(F)F. The molecule has 0 saturated heterocycles. The lowest BCUT2D eigenvalue weighted by molar-refractivity contribution is -0.138. The molecule has 1 aromatic carbocycles. The normalized spacial score (nSPS) is 19.8. The Kier molecular flexibility index (Phi) is 4.55. The monoisotopic (exact) mass is 334 g/mol. The first-order chi connectivity index (χ1) is 11.4. The Bertz CT molecular complexity index is 716. The number of nitrogens with one attached hydrogen (secondary N) is 1. The lowest BCUT2D eigenvalue weighted by atomic mass is 10.0. The molecule has 1 amide bonds. The van der Waals surface area contributed by atoms with E-state index >= 15 is 0 Å². The van der Waals surface area contributed by atoms with E-state index in [0.29, 0.717) is 19.3 Å². The van der Waals surface area contributed by atoms with Crippen molar-refractivity contribution in [2.24, 2.45) is 0 Å². The number of aromatic nitrogens is 1. The van der Waals surface area contributed by atoms with Crippen molar-refractivity contribution in [3.63, 3.8) is 0 Å². The van der Waals surface area contributed by atoms with Crippen molar-refractivity contribution in [3.8, 4) is 0 Å². The molecule has 2 aromatic rings. The zero-order chi connectivity index (χ0) is 17.2. The van der Waals surface area contributed by atoms with Crippen LogP contribution < -0.4 is 5.32 Å². The highest BCUT2D eigenvalue weighted by atomic mass is 19.4. The molecule has 6 heteroatoms. The lowest BCUT2D eigenvalue weighted by Crippen LogP contribution is -2.27. The largest absolute Gasteiger partial charge is 0.416 e. The number of hydrogen-bond donors (Lipinski definition) is 1. The van der Waals surface area contributed by atoms with Crippen molar-refractivity contribution in [1.82, 2.24) is 10.3 Å². The molecule has 126 valence electrons. The second-order valence-corrected chi connectivity index (χ2v) is 5.96. The van der Waals surface area contributed by atoms with E-state index in [2.05, 4.69) is 10.3 Å². The Morgan fingerprint density at radius 2 is 1.88 bits per heavy atom. The molecule has 0 bridgehead atoms. The van der Waals surface area contributed by atoms with Gasteiger partial charge in [0.15, 0.2) is 0 Å². The highest BCUT2D eigenvalue weighted by Crippen LogP contribution is 2.46. The third kappa shape index (κ3) is 3.93. The molecule has 3 nitrogen and oxygen atoms in total. The first-order valence-electron chi connectivity index (χ1n) is 7.79. The van der Waals surface area contributed by atoms with Gasteiger partial charge >= 0.3 is 6.18 Å². The molecule has 0 unspecified atom stereocenters. The number of halogens is 3. The number of amides is 1. The van der Waals surface area contributed by atoms with Gasteiger partial charge in [-0.3, -0.25) is 9.78 Å². The molecule has 0 aliphatic heterocycles. The number of nitrogens with zero attached hydrogens (tertiary/aromatic N) is 1. The van der Waals surface area contributed by atoms with Gasteiger partial charge < -0.3 is 5.32 Å². The van der Waals surface area contributed by atoms with Crippen LogP contribution in [0.5, 0.6) is 0 Å². The summed E-state index contributed by atoms with van der Waals surface area (Å²) in [4.78, 5) is 15.9. The number of rotatable bonds is 5. The van der Waals surface area contributed by atoms with Gasteiger partial charge in [-0.1, -0.05) is 18.2 Å². The van der Waals surface area contributed by atoms with Crippen molar-refractivity contribution in [2.45, 2.75) is 37.4 Å². The molecule has 1 aromatic heterocycles. The molecule has 0 spiro atoms. The summed E-state index contributed by atoms with van der Waals surface area (Å²) >= 11 is 0. The summed E-state index contributed by atoms with van der Waals surface area (Å²) in [6, 6.07) is 9.05. The van der Waals surface area contributed by atoms with Crippen LogP contribution in [0.4, 0.5) is 13.2 Å². The third-order valence-electron chi connectivity index (χ3n) is 4.19. The predicted octanol–water partition coefficient (Wildman–Crippen LogP) is 3.71. The maximum Gasteiger partial charge on any atom is 0.416 e. The molecular formula is C18H17F3N2O. The third-order valence-corrected chi connectivity index (χ3v) is 4.19. The van der Waals surface area contributed by atoms with Gasteiger partial charge in [0.1, 0.15) is 0 Å². The molecule has 1 fully saturated rings. The van der Waals surface area contributed by atoms with Gasteiger partial charge in [0.2, 0.25) is 5.91 Å². The van der Waals surface area contributed by atoms with Gasteiger partial charge in [-0.25, -0.2) is 0 Å². The number of carbonyl (C=O) groups excluding carboxylic acids is 1. The van der Waals surface area contributed by atoms with E-state index in [1.165, 1.54) is 12.1 Å². The number of benzene rings is 1. The summed E-state index contributed by atoms with van der Waals surface area (Å²) in [7, 11) is 0. The Morgan fingerprint density at radius 1 is 1.17 bits per heavy atom. The van der Waals surface area contributed by atoms with E-state index in [0.717, 1.165) is 11.6 Å². The topological polar surface area (TPSA) is 42.0 Å². The second kappa shape index (κ2) is 6.63. The van der Waals surface area contributed by atoms with Gasteiger partial charge in [0, 0.05) is 30.8 Å². The van der Waals surface area contributed by atoms with Crippen LogP contribution in [0.15, 0.2) is 48.8 Å². The average molecular weight is 334 g/mol. The Morgan fingerprint density at radius 3 is 2.58 bits per heavy atom. The van der Waals surface area contributed by atoms with Crippen LogP contribution in [0.3, 0.4) is 0 Å². The minimum absolute atomic E-state index is 0.135. The minimum atomic E-state index is -4.37. The summed E-state index contributed by atoms with van der Waals surface area (Å²) in [6.45, 7) is 0. The van der Waals surface area contributed by atoms with Crippen molar-refractivity contribution < 1.29 is 18.0 Å². The standard InChI is InChI=1S/C18H17F3N2O/c19-18(20,21)15-4-2-1-3-13(15)14-11-16(14)23-17(24)6-5-12-7-9-22-10-8-12/h1-4,7-10,14,16H,5-6,11H2,(H,23,24)/t14-,16-/m0/s1. The smallest absolute Gasteiger partial charge is 0.353 e. The van der Waals surface area contributed by atoms with E-state index in [-0.39, 0.29) is 23.4 Å². The van der Waals surface area contributed by atoms with E-state index in [9.17, 15) is 18.0 Å². The van der Waals surface area contributed by atoms with Crippen LogP contribution in [0, 0.1) is 0 Å². The average Bonchev–Trinajstić information content (AvgIpc) is 3.32. The van der Waals surface area contributed by atoms with E-state index in [1.54, 1.807) is 18.5 Å². The maximum absolute atomic E-state index is 13.0. The van der Waals surface area contributed by atoms with Crippen LogP contribution in [0.2, 0.25) is 0 Å². The van der Waals surface area contributed by atoms with E-state index in [4.69, 9.17) is 0 Å². The van der Waals surface area contributed by atoms with E-state index in [1.807, 2.05) is 12.1 Å². The van der Waals surface area contributed by atoms with Crippen LogP contribution in [0.1, 0.15) is 35.4 Å². The van der Waals surface area contributed by atoms with Crippen LogP contribution in [-0.4, -0.2) is 16.9 Å².